The number of carbonyl (C=O) groups is 2. The van der Waals surface area contributed by atoms with Crippen molar-refractivity contribution in [3.63, 3.8) is 0 Å². The molecule has 0 aromatic heterocycles. The summed E-state index contributed by atoms with van der Waals surface area (Å²) in [6.07, 6.45) is 1.84. The van der Waals surface area contributed by atoms with Gasteiger partial charge in [-0.15, -0.1) is 0 Å². The minimum absolute atomic E-state index is 0.0952. The van der Waals surface area contributed by atoms with Crippen LogP contribution >= 0.6 is 0 Å². The van der Waals surface area contributed by atoms with Gasteiger partial charge >= 0.3 is 0 Å². The van der Waals surface area contributed by atoms with E-state index < -0.39 is 0 Å². The lowest BCUT2D eigenvalue weighted by molar-refractivity contribution is 0.0951. The van der Waals surface area contributed by atoms with E-state index in [9.17, 15) is 9.59 Å². The number of hydrogen-bond acceptors (Lipinski definition) is 4. The highest BCUT2D eigenvalue weighted by atomic mass is 16.5. The number of rotatable bonds is 5. The summed E-state index contributed by atoms with van der Waals surface area (Å²) in [4.78, 5) is 25.2. The fourth-order valence-electron chi connectivity index (χ4n) is 3.74. The Morgan fingerprint density at radius 3 is 2.61 bits per heavy atom. The molecule has 1 fully saturated rings. The van der Waals surface area contributed by atoms with Crippen LogP contribution in [0.4, 0.5) is 0 Å². The Labute approximate surface area is 164 Å². The van der Waals surface area contributed by atoms with Gasteiger partial charge in [-0.2, -0.15) is 0 Å². The van der Waals surface area contributed by atoms with Crippen LogP contribution in [0.15, 0.2) is 36.4 Å². The first kappa shape index (κ1) is 18.3. The first-order valence-electron chi connectivity index (χ1n) is 9.53. The Kier molecular flexibility index (Phi) is 4.71. The van der Waals surface area contributed by atoms with E-state index in [0.717, 1.165) is 29.7 Å². The minimum atomic E-state index is -0.268. The van der Waals surface area contributed by atoms with Crippen molar-refractivity contribution in [3.05, 3.63) is 58.7 Å². The van der Waals surface area contributed by atoms with E-state index in [0.29, 0.717) is 16.9 Å². The molecule has 4 rings (SSSR count). The maximum atomic E-state index is 12.7. The molecule has 2 aromatic rings. The largest absolute Gasteiger partial charge is 0.497 e. The smallest absolute Gasteiger partial charge is 0.254 e. The van der Waals surface area contributed by atoms with Gasteiger partial charge in [-0.25, -0.2) is 0 Å². The second-order valence-corrected chi connectivity index (χ2v) is 7.35. The summed E-state index contributed by atoms with van der Waals surface area (Å²) in [6.45, 7) is 1.97. The third-order valence-electron chi connectivity index (χ3n) is 5.33. The van der Waals surface area contributed by atoms with Crippen molar-refractivity contribution in [2.45, 2.75) is 37.8 Å². The first-order chi connectivity index (χ1) is 13.5. The Bertz CT molecular complexity index is 936. The molecule has 2 N–H and O–H groups in total. The molecular weight excluding hydrogens is 356 g/mol. The molecule has 6 heteroatoms. The van der Waals surface area contributed by atoms with Crippen molar-refractivity contribution >= 4 is 11.8 Å². The Hall–Kier alpha value is -3.02. The van der Waals surface area contributed by atoms with Crippen molar-refractivity contribution in [2.24, 2.45) is 0 Å². The quantitative estimate of drug-likeness (QED) is 0.836. The molecule has 0 bridgehead atoms. The SMILES string of the molecule is CNC(=O)c1cc(C(=O)NC2CC2)cc2c1OC(C)C2c1cccc(OC)c1. The fourth-order valence-corrected chi connectivity index (χ4v) is 3.74. The average Bonchev–Trinajstić information content (AvgIpc) is 3.45. The lowest BCUT2D eigenvalue weighted by Crippen LogP contribution is -2.26. The summed E-state index contributed by atoms with van der Waals surface area (Å²) < 4.78 is 11.5. The van der Waals surface area contributed by atoms with E-state index >= 15 is 0 Å². The molecule has 2 amide bonds. The highest BCUT2D eigenvalue weighted by Crippen LogP contribution is 2.45. The van der Waals surface area contributed by atoms with E-state index in [-0.39, 0.29) is 29.9 Å². The first-order valence-corrected chi connectivity index (χ1v) is 9.53. The van der Waals surface area contributed by atoms with Crippen LogP contribution in [0, 0.1) is 0 Å². The maximum Gasteiger partial charge on any atom is 0.254 e. The summed E-state index contributed by atoms with van der Waals surface area (Å²) in [7, 11) is 3.20. The average molecular weight is 380 g/mol. The Morgan fingerprint density at radius 2 is 1.93 bits per heavy atom. The van der Waals surface area contributed by atoms with Gasteiger partial charge < -0.3 is 20.1 Å². The molecule has 2 aliphatic rings. The van der Waals surface area contributed by atoms with Crippen LogP contribution in [0.25, 0.3) is 0 Å². The predicted molar refractivity (Wildman–Crippen MR) is 105 cm³/mol. The lowest BCUT2D eigenvalue weighted by atomic mass is 9.86. The second kappa shape index (κ2) is 7.19. The molecule has 1 heterocycles. The molecule has 1 aliphatic carbocycles. The molecule has 0 saturated heterocycles. The maximum absolute atomic E-state index is 12.7. The van der Waals surface area contributed by atoms with Gasteiger partial charge in [0.1, 0.15) is 17.6 Å². The van der Waals surface area contributed by atoms with E-state index in [4.69, 9.17) is 9.47 Å². The van der Waals surface area contributed by atoms with Gasteiger partial charge in [0.2, 0.25) is 0 Å². The molecule has 2 aromatic carbocycles. The number of fused-ring (bicyclic) bond motifs is 1. The van der Waals surface area contributed by atoms with Crippen molar-refractivity contribution < 1.29 is 19.1 Å². The summed E-state index contributed by atoms with van der Waals surface area (Å²) in [5.74, 6) is 0.785. The molecule has 2 atom stereocenters. The third-order valence-corrected chi connectivity index (χ3v) is 5.33. The van der Waals surface area contributed by atoms with Crippen molar-refractivity contribution in [2.75, 3.05) is 14.2 Å². The summed E-state index contributed by atoms with van der Waals surface area (Å²) in [5.41, 5.74) is 2.74. The van der Waals surface area contributed by atoms with Crippen LogP contribution in [-0.4, -0.2) is 38.1 Å². The molecule has 146 valence electrons. The molecule has 2 unspecified atom stereocenters. The predicted octanol–water partition coefficient (Wildman–Crippen LogP) is 2.86. The molecule has 1 saturated carbocycles. The topological polar surface area (TPSA) is 76.7 Å². The standard InChI is InChI=1S/C22H24N2O4/c1-12-19(13-5-4-6-16(9-13)27-3)17-10-14(21(25)24-15-7-8-15)11-18(20(17)28-12)22(26)23-2/h4-6,9-12,15,19H,7-8H2,1-3H3,(H,23,26)(H,24,25). The van der Waals surface area contributed by atoms with Gasteiger partial charge in [0.15, 0.2) is 0 Å². The molecule has 1 aliphatic heterocycles. The van der Waals surface area contributed by atoms with Gasteiger partial charge in [0.25, 0.3) is 11.8 Å². The van der Waals surface area contributed by atoms with Gasteiger partial charge in [-0.3, -0.25) is 9.59 Å². The third kappa shape index (κ3) is 3.30. The zero-order valence-electron chi connectivity index (χ0n) is 16.2. The Morgan fingerprint density at radius 1 is 1.14 bits per heavy atom. The van der Waals surface area contributed by atoms with Gasteiger partial charge in [0, 0.05) is 30.1 Å². The van der Waals surface area contributed by atoms with Crippen LogP contribution in [0.5, 0.6) is 11.5 Å². The highest BCUT2D eigenvalue weighted by molar-refractivity contribution is 6.02. The number of amides is 2. The summed E-state index contributed by atoms with van der Waals surface area (Å²) in [5, 5.41) is 5.65. The van der Waals surface area contributed by atoms with Crippen LogP contribution in [0.3, 0.4) is 0 Å². The number of benzene rings is 2. The molecule has 28 heavy (non-hydrogen) atoms. The van der Waals surface area contributed by atoms with Crippen LogP contribution in [0.2, 0.25) is 0 Å². The molecule has 6 nitrogen and oxygen atoms in total. The number of hydrogen-bond donors (Lipinski definition) is 2. The molecule has 0 radical (unpaired) electrons. The van der Waals surface area contributed by atoms with E-state index in [1.165, 1.54) is 0 Å². The van der Waals surface area contributed by atoms with E-state index in [1.807, 2.05) is 37.3 Å². The molecule has 0 spiro atoms. The number of nitrogens with one attached hydrogen (secondary N) is 2. The molecular formula is C22H24N2O4. The second-order valence-electron chi connectivity index (χ2n) is 7.35. The van der Waals surface area contributed by atoms with Crippen LogP contribution < -0.4 is 20.1 Å². The van der Waals surface area contributed by atoms with Crippen molar-refractivity contribution in [3.8, 4) is 11.5 Å². The fraction of sp³-hybridized carbons (Fsp3) is 0.364. The van der Waals surface area contributed by atoms with Crippen LogP contribution in [-0.2, 0) is 0 Å². The van der Waals surface area contributed by atoms with Crippen molar-refractivity contribution in [1.82, 2.24) is 10.6 Å². The highest BCUT2D eigenvalue weighted by Gasteiger charge is 2.37. The van der Waals surface area contributed by atoms with Crippen LogP contribution in [0.1, 0.15) is 57.5 Å². The summed E-state index contributed by atoms with van der Waals surface area (Å²) >= 11 is 0. The minimum Gasteiger partial charge on any atom is -0.497 e. The normalized spacial score (nSPS) is 20.1. The zero-order valence-corrected chi connectivity index (χ0v) is 16.2. The van der Waals surface area contributed by atoms with E-state index in [2.05, 4.69) is 10.6 Å². The summed E-state index contributed by atoms with van der Waals surface area (Å²) in [6, 6.07) is 11.5. The number of ether oxygens (including phenoxy) is 2. The van der Waals surface area contributed by atoms with Gasteiger partial charge in [-0.1, -0.05) is 12.1 Å². The van der Waals surface area contributed by atoms with Gasteiger partial charge in [0.05, 0.1) is 12.7 Å². The lowest BCUT2D eigenvalue weighted by Gasteiger charge is -2.16. The zero-order chi connectivity index (χ0) is 19.8. The van der Waals surface area contributed by atoms with E-state index in [1.54, 1.807) is 20.2 Å². The Balaban J connectivity index is 1.81. The van der Waals surface area contributed by atoms with Gasteiger partial charge in [-0.05, 0) is 49.6 Å². The number of methoxy groups -OCH3 is 1. The van der Waals surface area contributed by atoms with Crippen molar-refractivity contribution in [1.29, 1.82) is 0 Å². The monoisotopic (exact) mass is 380 g/mol. The number of carbonyl (C=O) groups excluding carboxylic acids is 2.